The molecule has 1 aromatic carbocycles. The predicted molar refractivity (Wildman–Crippen MR) is 123 cm³/mol. The van der Waals surface area contributed by atoms with E-state index in [-0.39, 0.29) is 17.4 Å². The molecule has 33 heavy (non-hydrogen) atoms. The molecule has 0 bridgehead atoms. The molecule has 2 amide bonds. The average Bonchev–Trinajstić information content (AvgIpc) is 3.26. The van der Waals surface area contributed by atoms with Gasteiger partial charge in [0.05, 0.1) is 18.4 Å². The molecule has 1 saturated heterocycles. The Morgan fingerprint density at radius 1 is 1.15 bits per heavy atom. The van der Waals surface area contributed by atoms with Crippen LogP contribution in [0.4, 0.5) is 11.5 Å². The van der Waals surface area contributed by atoms with Crippen molar-refractivity contribution in [3.63, 3.8) is 0 Å². The van der Waals surface area contributed by atoms with Gasteiger partial charge in [-0.3, -0.25) is 14.3 Å². The molecule has 1 aliphatic rings. The highest BCUT2D eigenvalue weighted by atomic mass is 16.5. The highest BCUT2D eigenvalue weighted by Crippen LogP contribution is 2.18. The standard InChI is InChI=1S/C23H27N7O3/c24-21-20(25-8-9-26-21)23(32)29-19-13-28-30(15-19)14-17-2-1-3-18(12-17)22(31)27-7-4-16-5-10-33-11-6-16/h1-3,8-9,12-13,15-16H,4-7,10-11,14H2,(H2,24,26)(H,27,31)(H,29,32). The quantitative estimate of drug-likeness (QED) is 0.479. The summed E-state index contributed by atoms with van der Waals surface area (Å²) < 4.78 is 7.06. The summed E-state index contributed by atoms with van der Waals surface area (Å²) >= 11 is 0. The third kappa shape index (κ3) is 6.13. The Bertz CT molecular complexity index is 1110. The number of rotatable bonds is 8. The van der Waals surface area contributed by atoms with Crippen molar-refractivity contribution >= 4 is 23.3 Å². The number of hydrogen-bond donors (Lipinski definition) is 3. The predicted octanol–water partition coefficient (Wildman–Crippen LogP) is 2.10. The van der Waals surface area contributed by atoms with Crippen molar-refractivity contribution in [3.8, 4) is 0 Å². The van der Waals surface area contributed by atoms with Crippen molar-refractivity contribution in [2.45, 2.75) is 25.8 Å². The monoisotopic (exact) mass is 449 g/mol. The molecule has 0 spiro atoms. The van der Waals surface area contributed by atoms with Crippen LogP contribution in [0.3, 0.4) is 0 Å². The van der Waals surface area contributed by atoms with Crippen molar-refractivity contribution in [2.75, 3.05) is 30.8 Å². The third-order valence-corrected chi connectivity index (χ3v) is 5.55. The van der Waals surface area contributed by atoms with Gasteiger partial charge in [0.25, 0.3) is 11.8 Å². The number of nitrogens with zero attached hydrogens (tertiary/aromatic N) is 4. The van der Waals surface area contributed by atoms with E-state index in [1.54, 1.807) is 16.9 Å². The molecule has 4 N–H and O–H groups in total. The number of amides is 2. The fourth-order valence-corrected chi connectivity index (χ4v) is 3.75. The van der Waals surface area contributed by atoms with Crippen LogP contribution in [0.2, 0.25) is 0 Å². The van der Waals surface area contributed by atoms with Crippen molar-refractivity contribution < 1.29 is 14.3 Å². The molecular formula is C23H27N7O3. The van der Waals surface area contributed by atoms with E-state index in [1.165, 1.54) is 18.6 Å². The molecule has 4 rings (SSSR count). The summed E-state index contributed by atoms with van der Waals surface area (Å²) in [5, 5.41) is 10.0. The normalized spacial score (nSPS) is 14.1. The van der Waals surface area contributed by atoms with Crippen molar-refractivity contribution in [1.82, 2.24) is 25.1 Å². The number of ether oxygens (including phenoxy) is 1. The molecule has 0 aliphatic carbocycles. The Hall–Kier alpha value is -3.79. The second-order valence-corrected chi connectivity index (χ2v) is 7.97. The van der Waals surface area contributed by atoms with Crippen LogP contribution in [0.1, 0.15) is 45.7 Å². The van der Waals surface area contributed by atoms with Crippen LogP contribution in [-0.4, -0.2) is 51.3 Å². The molecule has 2 aromatic heterocycles. The summed E-state index contributed by atoms with van der Waals surface area (Å²) in [6, 6.07) is 7.43. The Labute approximate surface area is 191 Å². The van der Waals surface area contributed by atoms with Gasteiger partial charge in [-0.25, -0.2) is 9.97 Å². The van der Waals surface area contributed by atoms with Crippen LogP contribution < -0.4 is 16.4 Å². The van der Waals surface area contributed by atoms with E-state index in [0.717, 1.165) is 38.0 Å². The minimum atomic E-state index is -0.459. The lowest BCUT2D eigenvalue weighted by molar-refractivity contribution is 0.0636. The van der Waals surface area contributed by atoms with Gasteiger partial charge in [-0.1, -0.05) is 12.1 Å². The molecule has 172 valence electrons. The lowest BCUT2D eigenvalue weighted by atomic mass is 9.96. The van der Waals surface area contributed by atoms with Crippen LogP contribution in [0, 0.1) is 5.92 Å². The van der Waals surface area contributed by atoms with E-state index in [1.807, 2.05) is 18.2 Å². The summed E-state index contributed by atoms with van der Waals surface area (Å²) in [5.41, 5.74) is 7.79. The highest BCUT2D eigenvalue weighted by molar-refractivity contribution is 6.05. The summed E-state index contributed by atoms with van der Waals surface area (Å²) in [5.74, 6) is 0.133. The topological polar surface area (TPSA) is 137 Å². The summed E-state index contributed by atoms with van der Waals surface area (Å²) in [6.07, 6.45) is 9.15. The number of carbonyl (C=O) groups excluding carboxylic acids is 2. The minimum absolute atomic E-state index is 0.0563. The number of hydrogen-bond acceptors (Lipinski definition) is 7. The van der Waals surface area contributed by atoms with Gasteiger partial charge < -0.3 is 21.1 Å². The Kier molecular flexibility index (Phi) is 7.26. The SMILES string of the molecule is Nc1nccnc1C(=O)Nc1cnn(Cc2cccc(C(=O)NCCC3CCOCC3)c2)c1. The van der Waals surface area contributed by atoms with Gasteiger partial charge in [0.1, 0.15) is 0 Å². The lowest BCUT2D eigenvalue weighted by Gasteiger charge is -2.21. The first kappa shape index (κ1) is 22.4. The van der Waals surface area contributed by atoms with Crippen LogP contribution in [0.25, 0.3) is 0 Å². The van der Waals surface area contributed by atoms with E-state index in [9.17, 15) is 9.59 Å². The third-order valence-electron chi connectivity index (χ3n) is 5.55. The van der Waals surface area contributed by atoms with E-state index in [2.05, 4.69) is 25.7 Å². The first-order valence-corrected chi connectivity index (χ1v) is 10.9. The largest absolute Gasteiger partial charge is 0.382 e. The molecule has 0 saturated carbocycles. The average molecular weight is 450 g/mol. The number of nitrogens with two attached hydrogens (primary N) is 1. The maximum absolute atomic E-state index is 12.6. The van der Waals surface area contributed by atoms with Crippen LogP contribution >= 0.6 is 0 Å². The molecule has 1 fully saturated rings. The van der Waals surface area contributed by atoms with E-state index in [0.29, 0.717) is 30.3 Å². The van der Waals surface area contributed by atoms with E-state index in [4.69, 9.17) is 10.5 Å². The highest BCUT2D eigenvalue weighted by Gasteiger charge is 2.15. The zero-order valence-corrected chi connectivity index (χ0v) is 18.2. The fraction of sp³-hybridized carbons (Fsp3) is 0.348. The Morgan fingerprint density at radius 3 is 2.79 bits per heavy atom. The first-order valence-electron chi connectivity index (χ1n) is 10.9. The lowest BCUT2D eigenvalue weighted by Crippen LogP contribution is -2.27. The molecule has 10 nitrogen and oxygen atoms in total. The zero-order valence-electron chi connectivity index (χ0n) is 18.2. The molecule has 3 heterocycles. The Balaban J connectivity index is 1.31. The molecule has 1 aliphatic heterocycles. The second kappa shape index (κ2) is 10.7. The summed E-state index contributed by atoms with van der Waals surface area (Å²) in [7, 11) is 0. The maximum Gasteiger partial charge on any atom is 0.278 e. The van der Waals surface area contributed by atoms with Gasteiger partial charge in [-0.2, -0.15) is 5.10 Å². The molecule has 3 aromatic rings. The first-order chi connectivity index (χ1) is 16.1. The maximum atomic E-state index is 12.6. The van der Waals surface area contributed by atoms with Gasteiger partial charge in [0.2, 0.25) is 0 Å². The van der Waals surface area contributed by atoms with Crippen molar-refractivity contribution in [3.05, 3.63) is 65.9 Å². The van der Waals surface area contributed by atoms with Crippen molar-refractivity contribution in [1.29, 1.82) is 0 Å². The zero-order chi connectivity index (χ0) is 23.0. The molecular weight excluding hydrogens is 422 g/mol. The fourth-order valence-electron chi connectivity index (χ4n) is 3.75. The number of aromatic nitrogens is 4. The molecule has 0 radical (unpaired) electrons. The molecule has 10 heteroatoms. The Morgan fingerprint density at radius 2 is 1.97 bits per heavy atom. The smallest absolute Gasteiger partial charge is 0.278 e. The number of carbonyl (C=O) groups is 2. The van der Waals surface area contributed by atoms with E-state index >= 15 is 0 Å². The molecule has 0 unspecified atom stereocenters. The van der Waals surface area contributed by atoms with Crippen LogP contribution in [0.5, 0.6) is 0 Å². The summed E-state index contributed by atoms with van der Waals surface area (Å²) in [4.78, 5) is 32.7. The molecule has 0 atom stereocenters. The minimum Gasteiger partial charge on any atom is -0.382 e. The number of nitrogen functional groups attached to an aromatic ring is 1. The number of nitrogens with one attached hydrogen (secondary N) is 2. The van der Waals surface area contributed by atoms with Crippen molar-refractivity contribution in [2.24, 2.45) is 5.92 Å². The number of anilines is 2. The van der Waals surface area contributed by atoms with Crippen LogP contribution in [-0.2, 0) is 11.3 Å². The van der Waals surface area contributed by atoms with E-state index < -0.39 is 5.91 Å². The van der Waals surface area contributed by atoms with Gasteiger partial charge in [0.15, 0.2) is 11.5 Å². The van der Waals surface area contributed by atoms with Gasteiger partial charge >= 0.3 is 0 Å². The van der Waals surface area contributed by atoms with Crippen LogP contribution in [0.15, 0.2) is 49.1 Å². The van der Waals surface area contributed by atoms with Gasteiger partial charge in [0, 0.05) is 43.9 Å². The summed E-state index contributed by atoms with van der Waals surface area (Å²) in [6.45, 7) is 2.74. The van der Waals surface area contributed by atoms with Gasteiger partial charge in [-0.15, -0.1) is 0 Å². The number of benzene rings is 1. The van der Waals surface area contributed by atoms with Gasteiger partial charge in [-0.05, 0) is 42.9 Å². The second-order valence-electron chi connectivity index (χ2n) is 7.97.